The molecule has 3 aliphatic rings. The monoisotopic (exact) mass is 363 g/mol. The van der Waals surface area contributed by atoms with Gasteiger partial charge in [0.15, 0.2) is 5.76 Å². The van der Waals surface area contributed by atoms with Crippen LogP contribution in [0.2, 0.25) is 0 Å². The van der Waals surface area contributed by atoms with Crippen LogP contribution in [-0.2, 0) is 20.9 Å². The normalized spacial score (nSPS) is 22.5. The zero-order valence-electron chi connectivity index (χ0n) is 15.4. The van der Waals surface area contributed by atoms with Crippen molar-refractivity contribution in [1.29, 1.82) is 0 Å². The van der Waals surface area contributed by atoms with Gasteiger partial charge in [0.25, 0.3) is 5.91 Å². The van der Waals surface area contributed by atoms with E-state index in [4.69, 9.17) is 9.15 Å². The first kappa shape index (κ1) is 18.4. The second-order valence-electron chi connectivity index (χ2n) is 7.09. The first-order chi connectivity index (χ1) is 12.4. The Balaban J connectivity index is 1.75. The van der Waals surface area contributed by atoms with E-state index >= 15 is 0 Å². The molecule has 0 unspecified atom stereocenters. The van der Waals surface area contributed by atoms with Crippen molar-refractivity contribution in [3.05, 3.63) is 23.7 Å². The summed E-state index contributed by atoms with van der Waals surface area (Å²) in [6, 6.07) is 3.22. The van der Waals surface area contributed by atoms with E-state index in [1.807, 2.05) is 0 Å². The molecule has 26 heavy (non-hydrogen) atoms. The molecule has 0 aromatic carbocycles. The number of ether oxygens (including phenoxy) is 1. The molecule has 0 radical (unpaired) electrons. The largest absolute Gasteiger partial charge is 0.453 e. The summed E-state index contributed by atoms with van der Waals surface area (Å²) < 4.78 is 10.6. The van der Waals surface area contributed by atoms with E-state index in [9.17, 15) is 14.4 Å². The Bertz CT molecular complexity index is 699. The molecule has 0 aliphatic carbocycles. The van der Waals surface area contributed by atoms with Gasteiger partial charge in [-0.1, -0.05) is 0 Å². The Kier molecular flexibility index (Phi) is 5.31. The van der Waals surface area contributed by atoms with Crippen molar-refractivity contribution < 1.29 is 23.5 Å². The number of hydrogen-bond acceptors (Lipinski definition) is 5. The lowest BCUT2D eigenvalue weighted by Gasteiger charge is -2.35. The lowest BCUT2D eigenvalue weighted by molar-refractivity contribution is -0.145. The van der Waals surface area contributed by atoms with E-state index in [-0.39, 0.29) is 42.0 Å². The van der Waals surface area contributed by atoms with Crippen LogP contribution in [0.3, 0.4) is 0 Å². The fourth-order valence-corrected chi connectivity index (χ4v) is 3.57. The molecule has 4 heterocycles. The molecule has 0 N–H and O–H groups in total. The van der Waals surface area contributed by atoms with Crippen molar-refractivity contribution in [2.45, 2.75) is 25.5 Å². The first-order valence-electron chi connectivity index (χ1n) is 8.78. The molecule has 8 nitrogen and oxygen atoms in total. The van der Waals surface area contributed by atoms with Crippen molar-refractivity contribution in [1.82, 2.24) is 14.7 Å². The molecule has 3 fully saturated rings. The third kappa shape index (κ3) is 3.60. The zero-order chi connectivity index (χ0) is 18.8. The van der Waals surface area contributed by atoms with E-state index in [0.717, 1.165) is 12.8 Å². The highest BCUT2D eigenvalue weighted by Gasteiger charge is 2.43. The van der Waals surface area contributed by atoms with Crippen LogP contribution in [-0.4, -0.2) is 79.3 Å². The Hall–Kier alpha value is -2.35. The molecule has 3 amide bonds. The number of carbonyl (C=O) groups excluding carboxylic acids is 3. The van der Waals surface area contributed by atoms with Gasteiger partial charge in [-0.15, -0.1) is 0 Å². The summed E-state index contributed by atoms with van der Waals surface area (Å²) in [4.78, 5) is 42.4. The number of carbonyl (C=O) groups is 3. The van der Waals surface area contributed by atoms with Crippen LogP contribution < -0.4 is 0 Å². The number of amides is 3. The third-order valence-electron chi connectivity index (χ3n) is 5.04. The smallest absolute Gasteiger partial charge is 0.289 e. The van der Waals surface area contributed by atoms with E-state index in [1.54, 1.807) is 43.1 Å². The number of hydrogen-bond donors (Lipinski definition) is 0. The summed E-state index contributed by atoms with van der Waals surface area (Å²) in [5, 5.41) is 0. The van der Waals surface area contributed by atoms with Crippen LogP contribution in [0, 0.1) is 5.92 Å². The van der Waals surface area contributed by atoms with Gasteiger partial charge in [-0.2, -0.15) is 0 Å². The maximum absolute atomic E-state index is 12.8. The number of rotatable bonds is 5. The number of piperidine rings is 1. The molecule has 0 saturated carbocycles. The predicted molar refractivity (Wildman–Crippen MR) is 92.2 cm³/mol. The highest BCUT2D eigenvalue weighted by molar-refractivity contribution is 5.93. The predicted octanol–water partition coefficient (Wildman–Crippen LogP) is 0.577. The van der Waals surface area contributed by atoms with Crippen LogP contribution in [0.4, 0.5) is 0 Å². The zero-order valence-corrected chi connectivity index (χ0v) is 15.4. The second-order valence-corrected chi connectivity index (χ2v) is 7.09. The number of methoxy groups -OCH3 is 1. The molecular weight excluding hydrogens is 338 g/mol. The Morgan fingerprint density at radius 2 is 2.04 bits per heavy atom. The second kappa shape index (κ2) is 7.49. The topological polar surface area (TPSA) is 83.3 Å². The van der Waals surface area contributed by atoms with Crippen LogP contribution in [0.1, 0.15) is 29.2 Å². The van der Waals surface area contributed by atoms with Gasteiger partial charge < -0.3 is 23.9 Å². The number of likely N-dealkylation sites (N-methyl/N-ethyl adjacent to an activating group) is 1. The summed E-state index contributed by atoms with van der Waals surface area (Å²) >= 11 is 0. The van der Waals surface area contributed by atoms with Gasteiger partial charge in [0.05, 0.1) is 5.92 Å². The standard InChI is InChI=1S/C18H25N3O5/c1-19(2)16(22)10-21-13-5-4-12(17(21)23)8-20(9-13)18(24)15-7-6-14(26-15)11-25-3/h6-7,12-13H,4-5,8-11H2,1-3H3/t12-,13+/m0/s1. The average molecular weight is 363 g/mol. The fraction of sp³-hybridized carbons (Fsp3) is 0.611. The van der Waals surface area contributed by atoms with Gasteiger partial charge in [0.2, 0.25) is 11.8 Å². The summed E-state index contributed by atoms with van der Waals surface area (Å²) in [6.07, 6.45) is 1.54. The molecule has 4 rings (SSSR count). The number of nitrogens with zero attached hydrogens (tertiary/aromatic N) is 3. The molecule has 2 bridgehead atoms. The van der Waals surface area contributed by atoms with Gasteiger partial charge in [0.1, 0.15) is 18.9 Å². The van der Waals surface area contributed by atoms with Crippen molar-refractivity contribution in [3.8, 4) is 0 Å². The van der Waals surface area contributed by atoms with E-state index < -0.39 is 0 Å². The van der Waals surface area contributed by atoms with Gasteiger partial charge in [-0.25, -0.2) is 0 Å². The van der Waals surface area contributed by atoms with E-state index in [1.165, 1.54) is 4.90 Å². The van der Waals surface area contributed by atoms with Crippen molar-refractivity contribution in [2.24, 2.45) is 5.92 Å². The van der Waals surface area contributed by atoms with Crippen LogP contribution in [0.5, 0.6) is 0 Å². The van der Waals surface area contributed by atoms with Crippen molar-refractivity contribution in [2.75, 3.05) is 40.8 Å². The van der Waals surface area contributed by atoms with Crippen LogP contribution in [0.15, 0.2) is 16.5 Å². The van der Waals surface area contributed by atoms with Crippen molar-refractivity contribution >= 4 is 17.7 Å². The molecule has 142 valence electrons. The lowest BCUT2D eigenvalue weighted by atomic mass is 9.94. The summed E-state index contributed by atoms with van der Waals surface area (Å²) in [5.41, 5.74) is 0. The Morgan fingerprint density at radius 1 is 1.27 bits per heavy atom. The number of fused-ring (bicyclic) bond motifs is 4. The fourth-order valence-electron chi connectivity index (χ4n) is 3.57. The minimum atomic E-state index is -0.263. The highest BCUT2D eigenvalue weighted by atomic mass is 16.5. The SMILES string of the molecule is COCc1ccc(C(=O)N2C[C@@H]3CC[C@H](C2)N(CC(=O)N(C)C)C3=O)o1. The lowest BCUT2D eigenvalue weighted by Crippen LogP contribution is -2.51. The molecule has 3 saturated heterocycles. The maximum Gasteiger partial charge on any atom is 0.289 e. The van der Waals surface area contributed by atoms with E-state index in [2.05, 4.69) is 0 Å². The maximum atomic E-state index is 12.8. The number of furan rings is 1. The third-order valence-corrected chi connectivity index (χ3v) is 5.04. The Labute approximate surface area is 152 Å². The van der Waals surface area contributed by atoms with Gasteiger partial charge >= 0.3 is 0 Å². The molecule has 0 spiro atoms. The molecule has 3 aliphatic heterocycles. The minimum absolute atomic E-state index is 0.0359. The average Bonchev–Trinajstić information content (AvgIpc) is 2.90. The van der Waals surface area contributed by atoms with Gasteiger partial charge in [-0.3, -0.25) is 14.4 Å². The highest BCUT2D eigenvalue weighted by Crippen LogP contribution is 2.30. The molecule has 1 aromatic heterocycles. The van der Waals surface area contributed by atoms with Gasteiger partial charge in [0, 0.05) is 40.3 Å². The van der Waals surface area contributed by atoms with Crippen LogP contribution >= 0.6 is 0 Å². The van der Waals surface area contributed by atoms with Crippen LogP contribution in [0.25, 0.3) is 0 Å². The van der Waals surface area contributed by atoms with Gasteiger partial charge in [-0.05, 0) is 25.0 Å². The molecule has 2 atom stereocenters. The van der Waals surface area contributed by atoms with Crippen molar-refractivity contribution in [3.63, 3.8) is 0 Å². The minimum Gasteiger partial charge on any atom is -0.453 e. The molecule has 1 aromatic rings. The molecule has 8 heteroatoms. The quantitative estimate of drug-likeness (QED) is 0.764. The van der Waals surface area contributed by atoms with E-state index in [0.29, 0.717) is 25.5 Å². The summed E-state index contributed by atoms with van der Waals surface area (Å²) in [7, 11) is 4.91. The first-order valence-corrected chi connectivity index (χ1v) is 8.78. The summed E-state index contributed by atoms with van der Waals surface area (Å²) in [5.74, 6) is 0.203. The summed E-state index contributed by atoms with van der Waals surface area (Å²) in [6.45, 7) is 1.15. The Morgan fingerprint density at radius 3 is 2.73 bits per heavy atom. The molecular formula is C18H25N3O5.